The molecule has 1 aromatic carbocycles. The van der Waals surface area contributed by atoms with Crippen molar-refractivity contribution in [3.63, 3.8) is 0 Å². The molecule has 2 rings (SSSR count). The van der Waals surface area contributed by atoms with Gasteiger partial charge < -0.3 is 15.8 Å². The van der Waals surface area contributed by atoms with Gasteiger partial charge in [-0.15, -0.1) is 0 Å². The van der Waals surface area contributed by atoms with Gasteiger partial charge in [-0.2, -0.15) is 10.2 Å². The molecular formula is C12H10BrN5O. The summed E-state index contributed by atoms with van der Waals surface area (Å²) in [4.78, 5) is 7.91. The van der Waals surface area contributed by atoms with Gasteiger partial charge in [0.1, 0.15) is 17.5 Å². The number of aromatic nitrogens is 2. The zero-order valence-electron chi connectivity index (χ0n) is 10.0. The van der Waals surface area contributed by atoms with Crippen LogP contribution in [0, 0.1) is 11.3 Å². The maximum Gasteiger partial charge on any atom is 0.222 e. The molecule has 7 heteroatoms. The number of nitrogens with one attached hydrogen (secondary N) is 1. The van der Waals surface area contributed by atoms with E-state index in [2.05, 4.69) is 37.3 Å². The molecule has 96 valence electrons. The monoisotopic (exact) mass is 319 g/mol. The molecule has 6 nitrogen and oxygen atoms in total. The van der Waals surface area contributed by atoms with Gasteiger partial charge in [-0.1, -0.05) is 6.07 Å². The van der Waals surface area contributed by atoms with Crippen LogP contribution in [0.2, 0.25) is 0 Å². The van der Waals surface area contributed by atoms with E-state index in [0.717, 1.165) is 0 Å². The Hall–Kier alpha value is -2.33. The summed E-state index contributed by atoms with van der Waals surface area (Å²) in [5.74, 6) is 1.15. The zero-order valence-corrected chi connectivity index (χ0v) is 11.6. The van der Waals surface area contributed by atoms with Crippen molar-refractivity contribution in [3.8, 4) is 11.8 Å². The van der Waals surface area contributed by atoms with Gasteiger partial charge >= 0.3 is 0 Å². The zero-order chi connectivity index (χ0) is 13.8. The second kappa shape index (κ2) is 5.54. The summed E-state index contributed by atoms with van der Waals surface area (Å²) in [5, 5.41) is 12.2. The molecule has 0 fully saturated rings. The second-order valence-electron chi connectivity index (χ2n) is 3.54. The Kier molecular flexibility index (Phi) is 3.82. The average Bonchev–Trinajstić information content (AvgIpc) is 2.43. The van der Waals surface area contributed by atoms with Gasteiger partial charge in [0.25, 0.3) is 0 Å². The van der Waals surface area contributed by atoms with Crippen LogP contribution in [0.4, 0.5) is 17.5 Å². The second-order valence-corrected chi connectivity index (χ2v) is 4.40. The van der Waals surface area contributed by atoms with E-state index in [1.165, 1.54) is 13.3 Å². The molecule has 1 aromatic heterocycles. The van der Waals surface area contributed by atoms with E-state index in [-0.39, 0.29) is 5.95 Å². The largest absolute Gasteiger partial charge is 0.495 e. The number of nitriles is 1. The van der Waals surface area contributed by atoms with Gasteiger partial charge in [0.15, 0.2) is 5.82 Å². The fraction of sp³-hybridized carbons (Fsp3) is 0.0833. The molecule has 0 amide bonds. The number of para-hydroxylation sites is 1. The van der Waals surface area contributed by atoms with Crippen LogP contribution >= 0.6 is 15.9 Å². The number of anilines is 3. The number of ether oxygens (including phenoxy) is 1. The Balaban J connectivity index is 2.48. The van der Waals surface area contributed by atoms with Crippen LogP contribution in [0.15, 0.2) is 28.9 Å². The fourth-order valence-corrected chi connectivity index (χ4v) is 1.80. The lowest BCUT2D eigenvalue weighted by molar-refractivity contribution is 0.416. The van der Waals surface area contributed by atoms with Gasteiger partial charge in [-0.3, -0.25) is 0 Å². The topological polar surface area (TPSA) is 96.8 Å². The van der Waals surface area contributed by atoms with Crippen LogP contribution in [0.5, 0.6) is 5.75 Å². The lowest BCUT2D eigenvalue weighted by Gasteiger charge is -2.13. The standard InChI is InChI=1S/C12H10BrN5O/c1-19-9-4-2-3-7(5-14)10(9)17-11-8(13)6-16-12(15)18-11/h2-4,6H,1H3,(H3,15,16,17,18). The Morgan fingerprint density at radius 3 is 2.95 bits per heavy atom. The first-order valence-electron chi connectivity index (χ1n) is 5.28. The maximum absolute atomic E-state index is 9.13. The first-order chi connectivity index (χ1) is 9.15. The summed E-state index contributed by atoms with van der Waals surface area (Å²) >= 11 is 3.31. The summed E-state index contributed by atoms with van der Waals surface area (Å²) in [5.41, 5.74) is 6.52. The molecule has 0 bridgehead atoms. The third-order valence-electron chi connectivity index (χ3n) is 2.37. The van der Waals surface area contributed by atoms with Crippen LogP contribution in [0.1, 0.15) is 5.56 Å². The van der Waals surface area contributed by atoms with Crippen LogP contribution in [-0.4, -0.2) is 17.1 Å². The molecule has 1 heterocycles. The van der Waals surface area contributed by atoms with E-state index >= 15 is 0 Å². The number of halogens is 1. The number of nitrogen functional groups attached to an aromatic ring is 1. The van der Waals surface area contributed by atoms with Crippen LogP contribution in [0.25, 0.3) is 0 Å². The summed E-state index contributed by atoms with van der Waals surface area (Å²) in [7, 11) is 1.53. The predicted molar refractivity (Wildman–Crippen MR) is 75.1 cm³/mol. The maximum atomic E-state index is 9.13. The minimum Gasteiger partial charge on any atom is -0.495 e. The molecule has 0 saturated heterocycles. The van der Waals surface area contributed by atoms with Gasteiger partial charge in [-0.25, -0.2) is 4.98 Å². The highest BCUT2D eigenvalue weighted by atomic mass is 79.9. The molecule has 3 N–H and O–H groups in total. The molecule has 2 aromatic rings. The lowest BCUT2D eigenvalue weighted by atomic mass is 10.2. The normalized spacial score (nSPS) is 9.74. The summed E-state index contributed by atoms with van der Waals surface area (Å²) in [6.07, 6.45) is 1.53. The van der Waals surface area contributed by atoms with Crippen molar-refractivity contribution >= 4 is 33.4 Å². The first kappa shape index (κ1) is 13.1. The van der Waals surface area contributed by atoms with E-state index in [0.29, 0.717) is 27.3 Å². The molecular weight excluding hydrogens is 310 g/mol. The van der Waals surface area contributed by atoms with Crippen molar-refractivity contribution in [1.29, 1.82) is 5.26 Å². The van der Waals surface area contributed by atoms with Gasteiger partial charge in [0.2, 0.25) is 5.95 Å². The number of nitrogens with zero attached hydrogens (tertiary/aromatic N) is 3. The molecule has 0 radical (unpaired) electrons. The van der Waals surface area contributed by atoms with Crippen molar-refractivity contribution in [2.75, 3.05) is 18.2 Å². The van der Waals surface area contributed by atoms with Crippen LogP contribution in [0.3, 0.4) is 0 Å². The lowest BCUT2D eigenvalue weighted by Crippen LogP contribution is -2.03. The number of rotatable bonds is 3. The van der Waals surface area contributed by atoms with E-state index in [9.17, 15) is 0 Å². The van der Waals surface area contributed by atoms with Gasteiger partial charge in [-0.05, 0) is 28.1 Å². The highest BCUT2D eigenvalue weighted by Crippen LogP contribution is 2.32. The van der Waals surface area contributed by atoms with E-state index < -0.39 is 0 Å². The fourth-order valence-electron chi connectivity index (χ4n) is 1.51. The van der Waals surface area contributed by atoms with E-state index in [4.69, 9.17) is 15.7 Å². The Morgan fingerprint density at radius 2 is 2.26 bits per heavy atom. The molecule has 0 spiro atoms. The molecule has 0 unspecified atom stereocenters. The van der Waals surface area contributed by atoms with Crippen molar-refractivity contribution < 1.29 is 4.74 Å². The third-order valence-corrected chi connectivity index (χ3v) is 2.95. The SMILES string of the molecule is COc1cccc(C#N)c1Nc1nc(N)ncc1Br. The third kappa shape index (κ3) is 2.74. The highest BCUT2D eigenvalue weighted by Gasteiger charge is 2.12. The van der Waals surface area contributed by atoms with Crippen molar-refractivity contribution in [2.45, 2.75) is 0 Å². The minimum absolute atomic E-state index is 0.138. The number of hydrogen-bond acceptors (Lipinski definition) is 6. The van der Waals surface area contributed by atoms with Gasteiger partial charge in [0.05, 0.1) is 17.1 Å². The van der Waals surface area contributed by atoms with Crippen LogP contribution in [-0.2, 0) is 0 Å². The molecule has 0 saturated carbocycles. The summed E-state index contributed by atoms with van der Waals surface area (Å²) in [6.45, 7) is 0. The summed E-state index contributed by atoms with van der Waals surface area (Å²) < 4.78 is 5.86. The smallest absolute Gasteiger partial charge is 0.222 e. The number of methoxy groups -OCH3 is 1. The summed E-state index contributed by atoms with van der Waals surface area (Å²) in [6, 6.07) is 7.27. The molecule has 19 heavy (non-hydrogen) atoms. The Bertz CT molecular complexity index is 653. The average molecular weight is 320 g/mol. The molecule has 0 aliphatic carbocycles. The number of nitrogens with two attached hydrogens (primary N) is 1. The van der Waals surface area contributed by atoms with Crippen LogP contribution < -0.4 is 15.8 Å². The van der Waals surface area contributed by atoms with Crippen molar-refractivity contribution in [2.24, 2.45) is 0 Å². The Labute approximate surface area is 118 Å². The van der Waals surface area contributed by atoms with Crippen molar-refractivity contribution in [1.82, 2.24) is 9.97 Å². The molecule has 0 atom stereocenters. The van der Waals surface area contributed by atoms with E-state index in [1.54, 1.807) is 18.2 Å². The van der Waals surface area contributed by atoms with Gasteiger partial charge in [0, 0.05) is 6.20 Å². The quantitative estimate of drug-likeness (QED) is 0.901. The first-order valence-corrected chi connectivity index (χ1v) is 6.07. The van der Waals surface area contributed by atoms with Crippen molar-refractivity contribution in [3.05, 3.63) is 34.4 Å². The minimum atomic E-state index is 0.138. The van der Waals surface area contributed by atoms with E-state index in [1.807, 2.05) is 0 Å². The molecule has 0 aliphatic rings. The number of benzene rings is 1. The Morgan fingerprint density at radius 1 is 1.47 bits per heavy atom. The molecule has 0 aliphatic heterocycles. The number of hydrogen-bond donors (Lipinski definition) is 2. The highest BCUT2D eigenvalue weighted by molar-refractivity contribution is 9.10. The predicted octanol–water partition coefficient (Wildman–Crippen LogP) is 2.45.